The second-order valence-electron chi connectivity index (χ2n) is 8.12. The molecule has 0 aliphatic carbocycles. The molecular weight excluding hydrogens is 372 g/mol. The lowest BCUT2D eigenvalue weighted by Crippen LogP contribution is -2.42. The molecule has 0 aromatic heterocycles. The summed E-state index contributed by atoms with van der Waals surface area (Å²) in [4.78, 5) is 25.7. The van der Waals surface area contributed by atoms with Crippen molar-refractivity contribution in [3.63, 3.8) is 0 Å². The summed E-state index contributed by atoms with van der Waals surface area (Å²) in [5, 5.41) is 4.03. The van der Waals surface area contributed by atoms with Crippen LogP contribution in [0.15, 0.2) is 46.8 Å². The van der Waals surface area contributed by atoms with Gasteiger partial charge in [0.05, 0.1) is 39.0 Å². The molecule has 0 spiro atoms. The number of ether oxygens (including phenoxy) is 3. The molecule has 1 saturated heterocycles. The molecule has 0 radical (unpaired) electrons. The van der Waals surface area contributed by atoms with Crippen molar-refractivity contribution in [2.45, 2.75) is 39.3 Å². The largest absolute Gasteiger partial charge is 0.497 e. The second kappa shape index (κ2) is 6.54. The van der Waals surface area contributed by atoms with Gasteiger partial charge >= 0.3 is 11.9 Å². The van der Waals surface area contributed by atoms with E-state index in [1.807, 2.05) is 29.3 Å². The molecule has 2 atom stereocenters. The Morgan fingerprint density at radius 3 is 2.17 bits per heavy atom. The van der Waals surface area contributed by atoms with Gasteiger partial charge in [-0.1, -0.05) is 26.0 Å². The smallest absolute Gasteiger partial charge is 0.356 e. The van der Waals surface area contributed by atoms with Crippen molar-refractivity contribution in [3.8, 4) is 5.75 Å². The summed E-state index contributed by atoms with van der Waals surface area (Å²) in [5.74, 6) is -0.268. The van der Waals surface area contributed by atoms with Crippen LogP contribution in [0.2, 0.25) is 0 Å². The summed E-state index contributed by atoms with van der Waals surface area (Å²) in [7, 11) is 4.30. The molecule has 4 rings (SSSR count). The number of rotatable bonds is 4. The highest BCUT2D eigenvalue weighted by Gasteiger charge is 2.62. The lowest BCUT2D eigenvalue weighted by Gasteiger charge is -2.35. The molecule has 0 amide bonds. The molecular formula is C22H26N2O5. The normalized spacial score (nSPS) is 24.2. The van der Waals surface area contributed by atoms with Crippen LogP contribution in [0.4, 0.5) is 0 Å². The van der Waals surface area contributed by atoms with Gasteiger partial charge in [0.1, 0.15) is 5.75 Å². The molecule has 3 aliphatic heterocycles. The van der Waals surface area contributed by atoms with Gasteiger partial charge in [-0.3, -0.25) is 10.0 Å². The van der Waals surface area contributed by atoms with E-state index in [-0.39, 0.29) is 23.2 Å². The molecule has 7 heteroatoms. The second-order valence-corrected chi connectivity index (χ2v) is 8.12. The highest BCUT2D eigenvalue weighted by Crippen LogP contribution is 2.60. The maximum absolute atomic E-state index is 12.8. The first-order chi connectivity index (χ1) is 13.8. The van der Waals surface area contributed by atoms with Gasteiger partial charge in [-0.25, -0.2) is 9.59 Å². The average Bonchev–Trinajstić information content (AvgIpc) is 3.33. The molecule has 7 nitrogen and oxygen atoms in total. The van der Waals surface area contributed by atoms with Gasteiger partial charge in [0.15, 0.2) is 5.70 Å². The van der Waals surface area contributed by atoms with Gasteiger partial charge in [-0.2, -0.15) is 0 Å². The van der Waals surface area contributed by atoms with E-state index >= 15 is 0 Å². The number of hydrazine groups is 1. The van der Waals surface area contributed by atoms with Gasteiger partial charge < -0.3 is 14.2 Å². The number of benzene rings is 1. The molecule has 154 valence electrons. The standard InChI is InChI=1S/C22H26N2O5/c1-12-15-11-16(13-7-9-14(27-4)10-8-13)23-18(21(26)29-6)17(20(25)28-5)19(24(15)23)22(12,2)3/h7-10,16,19H,11H2,1-6H3/t16-,19-/m1/s1. The summed E-state index contributed by atoms with van der Waals surface area (Å²) >= 11 is 0. The van der Waals surface area contributed by atoms with Crippen molar-refractivity contribution in [2.75, 3.05) is 21.3 Å². The van der Waals surface area contributed by atoms with Crippen molar-refractivity contribution in [2.24, 2.45) is 5.41 Å². The van der Waals surface area contributed by atoms with E-state index in [4.69, 9.17) is 14.2 Å². The fourth-order valence-electron chi connectivity index (χ4n) is 4.83. The van der Waals surface area contributed by atoms with Gasteiger partial charge in [0.2, 0.25) is 0 Å². The van der Waals surface area contributed by atoms with E-state index in [1.165, 1.54) is 19.8 Å². The average molecular weight is 398 g/mol. The fraction of sp³-hybridized carbons (Fsp3) is 0.455. The minimum Gasteiger partial charge on any atom is -0.497 e. The predicted molar refractivity (Wildman–Crippen MR) is 105 cm³/mol. The summed E-state index contributed by atoms with van der Waals surface area (Å²) in [6.07, 6.45) is 0.743. The van der Waals surface area contributed by atoms with Crippen molar-refractivity contribution < 1.29 is 23.8 Å². The maximum atomic E-state index is 12.8. The zero-order valence-corrected chi connectivity index (χ0v) is 17.6. The van der Waals surface area contributed by atoms with Gasteiger partial charge in [0, 0.05) is 17.5 Å². The third kappa shape index (κ3) is 2.49. The number of nitrogens with zero attached hydrogens (tertiary/aromatic N) is 2. The number of carbonyl (C=O) groups excluding carboxylic acids is 2. The zero-order valence-electron chi connectivity index (χ0n) is 17.6. The van der Waals surface area contributed by atoms with Crippen LogP contribution in [0, 0.1) is 5.41 Å². The molecule has 0 unspecified atom stereocenters. The van der Waals surface area contributed by atoms with Gasteiger partial charge in [0.25, 0.3) is 0 Å². The number of carbonyl (C=O) groups is 2. The highest BCUT2D eigenvalue weighted by molar-refractivity contribution is 6.02. The number of hydrogen-bond donors (Lipinski definition) is 0. The molecule has 3 heterocycles. The first-order valence-corrected chi connectivity index (χ1v) is 9.61. The summed E-state index contributed by atoms with van der Waals surface area (Å²) in [6.45, 7) is 6.30. The zero-order chi connectivity index (χ0) is 21.1. The number of esters is 2. The van der Waals surface area contributed by atoms with E-state index in [0.29, 0.717) is 5.57 Å². The SMILES string of the molecule is COC(=O)C1=C(C(=O)OC)N2[C@@H](c3ccc(OC)cc3)CC3=C(C)C(C)(C)[C@@H]1N32. The van der Waals surface area contributed by atoms with E-state index < -0.39 is 11.9 Å². The van der Waals surface area contributed by atoms with Crippen LogP contribution in [-0.2, 0) is 19.1 Å². The predicted octanol–water partition coefficient (Wildman–Crippen LogP) is 2.96. The lowest BCUT2D eigenvalue weighted by atomic mass is 9.77. The van der Waals surface area contributed by atoms with Crippen molar-refractivity contribution in [1.82, 2.24) is 10.0 Å². The lowest BCUT2D eigenvalue weighted by molar-refractivity contribution is -0.141. The van der Waals surface area contributed by atoms with E-state index in [0.717, 1.165) is 23.4 Å². The monoisotopic (exact) mass is 398 g/mol. The Bertz CT molecular complexity index is 944. The minimum atomic E-state index is -0.534. The van der Waals surface area contributed by atoms with Gasteiger partial charge in [-0.15, -0.1) is 0 Å². The van der Waals surface area contributed by atoms with Crippen LogP contribution in [0.3, 0.4) is 0 Å². The molecule has 3 aliphatic rings. The Hall–Kier alpha value is -2.96. The Balaban J connectivity index is 1.92. The summed E-state index contributed by atoms with van der Waals surface area (Å²) in [5.41, 5.74) is 3.69. The van der Waals surface area contributed by atoms with Crippen LogP contribution < -0.4 is 4.74 Å². The fourth-order valence-corrected chi connectivity index (χ4v) is 4.83. The van der Waals surface area contributed by atoms with Gasteiger partial charge in [-0.05, 0) is 30.2 Å². The summed E-state index contributed by atoms with van der Waals surface area (Å²) in [6, 6.07) is 7.36. The van der Waals surface area contributed by atoms with Crippen molar-refractivity contribution >= 4 is 11.9 Å². The molecule has 1 aromatic rings. The third-order valence-corrected chi connectivity index (χ3v) is 6.56. The minimum absolute atomic E-state index is 0.124. The van der Waals surface area contributed by atoms with Crippen LogP contribution >= 0.6 is 0 Å². The Morgan fingerprint density at radius 2 is 1.62 bits per heavy atom. The topological polar surface area (TPSA) is 68.3 Å². The van der Waals surface area contributed by atoms with E-state index in [9.17, 15) is 9.59 Å². The highest BCUT2D eigenvalue weighted by atomic mass is 16.5. The van der Waals surface area contributed by atoms with E-state index in [2.05, 4.69) is 25.8 Å². The van der Waals surface area contributed by atoms with Crippen LogP contribution in [0.5, 0.6) is 5.75 Å². The quantitative estimate of drug-likeness (QED) is 0.723. The maximum Gasteiger partial charge on any atom is 0.356 e. The Kier molecular flexibility index (Phi) is 4.37. The molecule has 0 bridgehead atoms. The van der Waals surface area contributed by atoms with Crippen LogP contribution in [0.25, 0.3) is 0 Å². The molecule has 29 heavy (non-hydrogen) atoms. The van der Waals surface area contributed by atoms with Crippen molar-refractivity contribution in [1.29, 1.82) is 0 Å². The first-order valence-electron chi connectivity index (χ1n) is 9.61. The van der Waals surface area contributed by atoms with Crippen molar-refractivity contribution in [3.05, 3.63) is 52.4 Å². The third-order valence-electron chi connectivity index (χ3n) is 6.56. The van der Waals surface area contributed by atoms with E-state index in [1.54, 1.807) is 7.11 Å². The number of hydrogen-bond acceptors (Lipinski definition) is 7. The van der Waals surface area contributed by atoms with Crippen LogP contribution in [0.1, 0.15) is 38.8 Å². The molecule has 0 N–H and O–H groups in total. The first kappa shape index (κ1) is 19.4. The van der Waals surface area contributed by atoms with Crippen LogP contribution in [-0.4, -0.2) is 49.3 Å². The Labute approximate surface area is 170 Å². The molecule has 1 fully saturated rings. The molecule has 1 aromatic carbocycles. The Morgan fingerprint density at radius 1 is 1.00 bits per heavy atom. The summed E-state index contributed by atoms with van der Waals surface area (Å²) < 4.78 is 15.4. The number of methoxy groups -OCH3 is 3. The molecule has 0 saturated carbocycles.